The molecule has 0 aromatic rings. The minimum Gasteiger partial charge on any atom is -0.342 e. The van der Waals surface area contributed by atoms with E-state index in [-0.39, 0.29) is 5.92 Å². The first-order chi connectivity index (χ1) is 9.34. The number of amides is 1. The number of hydrogen-bond donors (Lipinski definition) is 1. The zero-order valence-corrected chi connectivity index (χ0v) is 11.9. The van der Waals surface area contributed by atoms with Crippen LogP contribution in [0.3, 0.4) is 0 Å². The molecule has 3 rings (SSSR count). The van der Waals surface area contributed by atoms with Gasteiger partial charge >= 0.3 is 0 Å². The van der Waals surface area contributed by atoms with Crippen LogP contribution in [-0.4, -0.2) is 61.0 Å². The zero-order chi connectivity index (χ0) is 13.1. The summed E-state index contributed by atoms with van der Waals surface area (Å²) in [6, 6.07) is 0.738. The van der Waals surface area contributed by atoms with Gasteiger partial charge in [-0.05, 0) is 58.2 Å². The summed E-state index contributed by atoms with van der Waals surface area (Å²) in [6.45, 7) is 6.44. The molecule has 0 aromatic carbocycles. The Kier molecular flexibility index (Phi) is 4.38. The SMILES string of the molecule is O=C(C1CCNC1)N1CCCC(N2CCCC2)CC1. The number of carbonyl (C=O) groups is 1. The van der Waals surface area contributed by atoms with E-state index in [2.05, 4.69) is 15.1 Å². The molecule has 4 nitrogen and oxygen atoms in total. The number of hydrogen-bond acceptors (Lipinski definition) is 3. The molecule has 2 unspecified atom stereocenters. The molecule has 0 spiro atoms. The Hall–Kier alpha value is -0.610. The van der Waals surface area contributed by atoms with Crippen molar-refractivity contribution in [1.82, 2.24) is 15.1 Å². The maximum absolute atomic E-state index is 12.5. The van der Waals surface area contributed by atoms with Crippen LogP contribution < -0.4 is 5.32 Å². The van der Waals surface area contributed by atoms with E-state index in [1.165, 1.54) is 45.2 Å². The maximum atomic E-state index is 12.5. The molecule has 2 atom stereocenters. The van der Waals surface area contributed by atoms with Gasteiger partial charge in [-0.25, -0.2) is 0 Å². The largest absolute Gasteiger partial charge is 0.342 e. The minimum absolute atomic E-state index is 0.253. The van der Waals surface area contributed by atoms with Crippen molar-refractivity contribution in [3.05, 3.63) is 0 Å². The predicted octanol–water partition coefficient (Wildman–Crippen LogP) is 1.07. The Labute approximate surface area is 116 Å². The topological polar surface area (TPSA) is 35.6 Å². The summed E-state index contributed by atoms with van der Waals surface area (Å²) in [7, 11) is 0. The summed E-state index contributed by atoms with van der Waals surface area (Å²) in [6.07, 6.45) is 7.43. The van der Waals surface area contributed by atoms with Crippen molar-refractivity contribution in [2.45, 2.75) is 44.6 Å². The molecule has 0 aromatic heterocycles. The first-order valence-corrected chi connectivity index (χ1v) is 8.08. The highest BCUT2D eigenvalue weighted by atomic mass is 16.2. The Morgan fingerprint density at radius 3 is 2.53 bits per heavy atom. The van der Waals surface area contributed by atoms with Gasteiger partial charge in [0, 0.05) is 25.7 Å². The van der Waals surface area contributed by atoms with Gasteiger partial charge in [-0.3, -0.25) is 4.79 Å². The molecule has 4 heteroatoms. The van der Waals surface area contributed by atoms with Crippen LogP contribution in [0.15, 0.2) is 0 Å². The molecule has 3 aliphatic heterocycles. The van der Waals surface area contributed by atoms with Crippen molar-refractivity contribution in [2.75, 3.05) is 39.3 Å². The summed E-state index contributed by atoms with van der Waals surface area (Å²) in [4.78, 5) is 17.3. The highest BCUT2D eigenvalue weighted by molar-refractivity contribution is 5.79. The van der Waals surface area contributed by atoms with E-state index < -0.39 is 0 Å². The van der Waals surface area contributed by atoms with E-state index >= 15 is 0 Å². The van der Waals surface area contributed by atoms with Crippen molar-refractivity contribution in [3.8, 4) is 0 Å². The highest BCUT2D eigenvalue weighted by Gasteiger charge is 2.30. The second-order valence-electron chi connectivity index (χ2n) is 6.34. The molecular formula is C15H27N3O. The van der Waals surface area contributed by atoms with Crippen molar-refractivity contribution < 1.29 is 4.79 Å². The van der Waals surface area contributed by atoms with E-state index in [1.54, 1.807) is 0 Å². The summed E-state index contributed by atoms with van der Waals surface area (Å²) < 4.78 is 0. The van der Waals surface area contributed by atoms with Crippen LogP contribution in [0.4, 0.5) is 0 Å². The number of rotatable bonds is 2. The Morgan fingerprint density at radius 1 is 0.947 bits per heavy atom. The standard InChI is InChI=1S/C15H27N3O/c19-15(13-5-7-16-12-13)18-10-3-4-14(6-11-18)17-8-1-2-9-17/h13-14,16H,1-12H2. The van der Waals surface area contributed by atoms with E-state index in [9.17, 15) is 4.79 Å². The number of carbonyl (C=O) groups excluding carboxylic acids is 1. The fourth-order valence-electron chi connectivity index (χ4n) is 3.89. The lowest BCUT2D eigenvalue weighted by atomic mass is 10.1. The molecule has 0 bridgehead atoms. The molecule has 0 radical (unpaired) electrons. The van der Waals surface area contributed by atoms with E-state index in [0.717, 1.165) is 38.6 Å². The normalized spacial score (nSPS) is 33.6. The quantitative estimate of drug-likeness (QED) is 0.811. The van der Waals surface area contributed by atoms with Crippen molar-refractivity contribution in [2.24, 2.45) is 5.92 Å². The minimum atomic E-state index is 0.253. The summed E-state index contributed by atoms with van der Waals surface area (Å²) in [5.74, 6) is 0.662. The van der Waals surface area contributed by atoms with Crippen LogP contribution in [-0.2, 0) is 4.79 Å². The van der Waals surface area contributed by atoms with Crippen LogP contribution in [0, 0.1) is 5.92 Å². The Bertz CT molecular complexity index is 309. The fraction of sp³-hybridized carbons (Fsp3) is 0.933. The van der Waals surface area contributed by atoms with Crippen LogP contribution in [0.5, 0.6) is 0 Å². The van der Waals surface area contributed by atoms with Crippen molar-refractivity contribution >= 4 is 5.91 Å². The van der Waals surface area contributed by atoms with Gasteiger partial charge < -0.3 is 15.1 Å². The average molecular weight is 265 g/mol. The molecule has 1 N–H and O–H groups in total. The van der Waals surface area contributed by atoms with Crippen LogP contribution >= 0.6 is 0 Å². The van der Waals surface area contributed by atoms with Gasteiger partial charge in [-0.15, -0.1) is 0 Å². The molecule has 19 heavy (non-hydrogen) atoms. The maximum Gasteiger partial charge on any atom is 0.227 e. The van der Waals surface area contributed by atoms with Gasteiger partial charge in [0.05, 0.1) is 5.92 Å². The van der Waals surface area contributed by atoms with Crippen molar-refractivity contribution in [1.29, 1.82) is 0 Å². The van der Waals surface area contributed by atoms with E-state index in [4.69, 9.17) is 0 Å². The smallest absolute Gasteiger partial charge is 0.227 e. The molecule has 3 heterocycles. The number of nitrogens with one attached hydrogen (secondary N) is 1. The summed E-state index contributed by atoms with van der Waals surface area (Å²) >= 11 is 0. The molecule has 3 aliphatic rings. The summed E-state index contributed by atoms with van der Waals surface area (Å²) in [5, 5.41) is 3.31. The van der Waals surface area contributed by atoms with Crippen LogP contribution in [0.25, 0.3) is 0 Å². The lowest BCUT2D eigenvalue weighted by Gasteiger charge is -2.27. The third-order valence-corrected chi connectivity index (χ3v) is 5.08. The fourth-order valence-corrected chi connectivity index (χ4v) is 3.89. The van der Waals surface area contributed by atoms with Crippen molar-refractivity contribution in [3.63, 3.8) is 0 Å². The average Bonchev–Trinajstić information content (AvgIpc) is 3.08. The Morgan fingerprint density at radius 2 is 1.79 bits per heavy atom. The van der Waals surface area contributed by atoms with E-state index in [0.29, 0.717) is 5.91 Å². The molecular weight excluding hydrogens is 238 g/mol. The van der Waals surface area contributed by atoms with Gasteiger partial charge in [-0.1, -0.05) is 0 Å². The third kappa shape index (κ3) is 3.11. The monoisotopic (exact) mass is 265 g/mol. The van der Waals surface area contributed by atoms with Crippen LogP contribution in [0.2, 0.25) is 0 Å². The van der Waals surface area contributed by atoms with Gasteiger partial charge in [0.1, 0.15) is 0 Å². The van der Waals surface area contributed by atoms with Gasteiger partial charge in [0.2, 0.25) is 5.91 Å². The highest BCUT2D eigenvalue weighted by Crippen LogP contribution is 2.22. The van der Waals surface area contributed by atoms with Crippen LogP contribution in [0.1, 0.15) is 38.5 Å². The molecule has 0 saturated carbocycles. The number of likely N-dealkylation sites (tertiary alicyclic amines) is 2. The first kappa shape index (κ1) is 13.4. The predicted molar refractivity (Wildman–Crippen MR) is 76.0 cm³/mol. The van der Waals surface area contributed by atoms with Gasteiger partial charge in [0.25, 0.3) is 0 Å². The van der Waals surface area contributed by atoms with E-state index in [1.807, 2.05) is 0 Å². The third-order valence-electron chi connectivity index (χ3n) is 5.08. The van der Waals surface area contributed by atoms with Gasteiger partial charge in [-0.2, -0.15) is 0 Å². The zero-order valence-electron chi connectivity index (χ0n) is 11.9. The van der Waals surface area contributed by atoms with Gasteiger partial charge in [0.15, 0.2) is 0 Å². The molecule has 1 amide bonds. The lowest BCUT2D eigenvalue weighted by Crippen LogP contribution is -2.39. The molecule has 108 valence electrons. The Balaban J connectivity index is 1.53. The molecule has 3 saturated heterocycles. The number of nitrogens with zero attached hydrogens (tertiary/aromatic N) is 2. The second kappa shape index (κ2) is 6.23. The lowest BCUT2D eigenvalue weighted by molar-refractivity contribution is -0.134. The molecule has 0 aliphatic carbocycles. The second-order valence-corrected chi connectivity index (χ2v) is 6.34. The summed E-state index contributed by atoms with van der Waals surface area (Å²) in [5.41, 5.74) is 0. The molecule has 3 fully saturated rings. The first-order valence-electron chi connectivity index (χ1n) is 8.08.